The van der Waals surface area contributed by atoms with Gasteiger partial charge in [-0.3, -0.25) is 0 Å². The fraction of sp³-hybridized carbons (Fsp3) is 0.429. The average molecular weight is 455 g/mol. The number of hydrogen-bond donors (Lipinski definition) is 1. The zero-order chi connectivity index (χ0) is 23.7. The third-order valence-corrected chi connectivity index (χ3v) is 7.16. The average Bonchev–Trinajstić information content (AvgIpc) is 3.23. The molecule has 6 nitrogen and oxygen atoms in total. The van der Waals surface area contributed by atoms with Crippen molar-refractivity contribution in [3.63, 3.8) is 0 Å². The predicted molar refractivity (Wildman–Crippen MR) is 138 cm³/mol. The topological polar surface area (TPSA) is 70.6 Å². The maximum Gasteiger partial charge on any atom is 0.177 e. The zero-order valence-corrected chi connectivity index (χ0v) is 20.7. The molecule has 3 heterocycles. The lowest BCUT2D eigenvalue weighted by atomic mass is 9.85. The Morgan fingerprint density at radius 3 is 2.76 bits per heavy atom. The molecule has 1 aromatic carbocycles. The Morgan fingerprint density at radius 1 is 1.06 bits per heavy atom. The van der Waals surface area contributed by atoms with Crippen LogP contribution >= 0.6 is 0 Å². The van der Waals surface area contributed by atoms with Gasteiger partial charge >= 0.3 is 0 Å². The van der Waals surface area contributed by atoms with Gasteiger partial charge in [-0.2, -0.15) is 0 Å². The maximum absolute atomic E-state index is 4.82. The fourth-order valence-electron chi connectivity index (χ4n) is 5.15. The minimum atomic E-state index is 0.735. The second-order valence-corrected chi connectivity index (χ2v) is 9.62. The standard InChI is InChI=1S/C28H34N6/c1-5-11-34(28-24-12-20(6-2)8-10-25(24)30-17-31-28)16-23-13-21(9-7-18(23)3)22-14-26-27(29-15-22)33-19(4)32-26/h7,9,13-15,17,20H,5-6,8,10-12,16H2,1-4H3,(H,29,32,33). The third-order valence-electron chi connectivity index (χ3n) is 7.16. The van der Waals surface area contributed by atoms with E-state index in [2.05, 4.69) is 69.9 Å². The molecule has 1 aliphatic rings. The van der Waals surface area contributed by atoms with E-state index in [0.717, 1.165) is 66.6 Å². The van der Waals surface area contributed by atoms with E-state index < -0.39 is 0 Å². The van der Waals surface area contributed by atoms with Crippen LogP contribution in [0.5, 0.6) is 0 Å². The largest absolute Gasteiger partial charge is 0.352 e. The number of aryl methyl sites for hydroxylation is 3. The molecule has 34 heavy (non-hydrogen) atoms. The van der Waals surface area contributed by atoms with Crippen LogP contribution in [-0.2, 0) is 19.4 Å². The highest BCUT2D eigenvalue weighted by molar-refractivity contribution is 5.78. The highest BCUT2D eigenvalue weighted by Gasteiger charge is 2.24. The van der Waals surface area contributed by atoms with Crippen LogP contribution in [0.1, 0.15) is 61.3 Å². The van der Waals surface area contributed by atoms with Gasteiger partial charge in [0, 0.05) is 36.1 Å². The number of fused-ring (bicyclic) bond motifs is 2. The number of pyridine rings is 1. The molecule has 176 valence electrons. The highest BCUT2D eigenvalue weighted by Crippen LogP contribution is 2.33. The van der Waals surface area contributed by atoms with Gasteiger partial charge in [0.25, 0.3) is 0 Å². The van der Waals surface area contributed by atoms with Crippen molar-refractivity contribution in [1.82, 2.24) is 24.9 Å². The number of anilines is 1. The second kappa shape index (κ2) is 9.53. The number of aromatic amines is 1. The molecule has 0 spiro atoms. The maximum atomic E-state index is 4.82. The first-order valence-electron chi connectivity index (χ1n) is 12.6. The lowest BCUT2D eigenvalue weighted by Gasteiger charge is -2.30. The lowest BCUT2D eigenvalue weighted by Crippen LogP contribution is -2.28. The Kier molecular flexibility index (Phi) is 6.31. The molecule has 3 aromatic heterocycles. The number of aromatic nitrogens is 5. The number of nitrogens with zero attached hydrogens (tertiary/aromatic N) is 5. The van der Waals surface area contributed by atoms with Gasteiger partial charge in [0.2, 0.25) is 0 Å². The summed E-state index contributed by atoms with van der Waals surface area (Å²) in [5.74, 6) is 2.75. The fourth-order valence-corrected chi connectivity index (χ4v) is 5.15. The summed E-state index contributed by atoms with van der Waals surface area (Å²) in [4.78, 5) is 24.2. The van der Waals surface area contributed by atoms with Gasteiger partial charge in [-0.1, -0.05) is 32.4 Å². The van der Waals surface area contributed by atoms with Crippen molar-refractivity contribution in [3.05, 3.63) is 65.0 Å². The van der Waals surface area contributed by atoms with Crippen LogP contribution < -0.4 is 4.90 Å². The summed E-state index contributed by atoms with van der Waals surface area (Å²) in [7, 11) is 0. The Labute approximate surface area is 201 Å². The van der Waals surface area contributed by atoms with Crippen molar-refractivity contribution < 1.29 is 0 Å². The molecule has 0 fully saturated rings. The quantitative estimate of drug-likeness (QED) is 0.373. The molecule has 0 saturated carbocycles. The van der Waals surface area contributed by atoms with Crippen molar-refractivity contribution in [1.29, 1.82) is 0 Å². The monoisotopic (exact) mass is 454 g/mol. The van der Waals surface area contributed by atoms with Crippen LogP contribution in [0.25, 0.3) is 22.3 Å². The molecule has 5 rings (SSSR count). The Morgan fingerprint density at radius 2 is 1.94 bits per heavy atom. The van der Waals surface area contributed by atoms with Gasteiger partial charge in [0.1, 0.15) is 18.0 Å². The number of rotatable bonds is 7. The van der Waals surface area contributed by atoms with E-state index in [-0.39, 0.29) is 0 Å². The first-order chi connectivity index (χ1) is 16.6. The van der Waals surface area contributed by atoms with E-state index in [4.69, 9.17) is 4.98 Å². The van der Waals surface area contributed by atoms with E-state index >= 15 is 0 Å². The molecular formula is C28H34N6. The van der Waals surface area contributed by atoms with Gasteiger partial charge in [0.15, 0.2) is 5.65 Å². The van der Waals surface area contributed by atoms with Crippen LogP contribution in [0.2, 0.25) is 0 Å². The van der Waals surface area contributed by atoms with E-state index in [1.807, 2.05) is 13.1 Å². The molecular weight excluding hydrogens is 420 g/mol. The van der Waals surface area contributed by atoms with Crippen molar-refractivity contribution in [2.24, 2.45) is 5.92 Å². The first-order valence-corrected chi connectivity index (χ1v) is 12.6. The minimum absolute atomic E-state index is 0.735. The third kappa shape index (κ3) is 4.41. The van der Waals surface area contributed by atoms with Gasteiger partial charge in [-0.05, 0) is 74.3 Å². The number of hydrogen-bond acceptors (Lipinski definition) is 5. The Bertz CT molecular complexity index is 1310. The molecule has 4 aromatic rings. The van der Waals surface area contributed by atoms with Crippen LogP contribution in [0, 0.1) is 19.8 Å². The van der Waals surface area contributed by atoms with Gasteiger partial charge < -0.3 is 9.88 Å². The summed E-state index contributed by atoms with van der Waals surface area (Å²) < 4.78 is 0. The van der Waals surface area contributed by atoms with Crippen LogP contribution in [0.4, 0.5) is 5.82 Å². The van der Waals surface area contributed by atoms with E-state index in [1.54, 1.807) is 6.33 Å². The summed E-state index contributed by atoms with van der Waals surface area (Å²) in [6, 6.07) is 8.87. The number of imidazole rings is 1. The Balaban J connectivity index is 1.49. The minimum Gasteiger partial charge on any atom is -0.352 e. The van der Waals surface area contributed by atoms with Gasteiger partial charge in [0.05, 0.1) is 5.52 Å². The number of nitrogens with one attached hydrogen (secondary N) is 1. The molecule has 0 bridgehead atoms. The van der Waals surface area contributed by atoms with Crippen molar-refractivity contribution >= 4 is 17.0 Å². The molecule has 1 N–H and O–H groups in total. The van der Waals surface area contributed by atoms with Crippen LogP contribution in [-0.4, -0.2) is 31.5 Å². The molecule has 0 saturated heterocycles. The van der Waals surface area contributed by atoms with Gasteiger partial charge in [-0.25, -0.2) is 19.9 Å². The van der Waals surface area contributed by atoms with Gasteiger partial charge in [-0.15, -0.1) is 0 Å². The molecule has 0 aliphatic heterocycles. The van der Waals surface area contributed by atoms with Crippen molar-refractivity contribution in [2.45, 2.75) is 66.3 Å². The predicted octanol–water partition coefficient (Wildman–Crippen LogP) is 5.96. The normalized spacial score (nSPS) is 15.5. The SMILES string of the molecule is CCCN(Cc1cc(-c2cnc3nc(C)[nH]c3c2)ccc1C)c1ncnc2c1CC(CC)CC2. The molecule has 6 heteroatoms. The number of benzene rings is 1. The second-order valence-electron chi connectivity index (χ2n) is 9.62. The summed E-state index contributed by atoms with van der Waals surface area (Å²) in [6.07, 6.45) is 9.39. The molecule has 0 amide bonds. The van der Waals surface area contributed by atoms with E-state index in [0.29, 0.717) is 0 Å². The van der Waals surface area contributed by atoms with Crippen LogP contribution in [0.3, 0.4) is 0 Å². The smallest absolute Gasteiger partial charge is 0.177 e. The zero-order valence-electron chi connectivity index (χ0n) is 20.7. The van der Waals surface area contributed by atoms with E-state index in [1.165, 1.54) is 40.8 Å². The molecule has 1 atom stereocenters. The van der Waals surface area contributed by atoms with Crippen molar-refractivity contribution in [3.8, 4) is 11.1 Å². The lowest BCUT2D eigenvalue weighted by molar-refractivity contribution is 0.438. The highest BCUT2D eigenvalue weighted by atomic mass is 15.2. The number of H-pyrrole nitrogens is 1. The molecule has 0 radical (unpaired) electrons. The van der Waals surface area contributed by atoms with E-state index in [9.17, 15) is 0 Å². The van der Waals surface area contributed by atoms with Crippen molar-refractivity contribution in [2.75, 3.05) is 11.4 Å². The summed E-state index contributed by atoms with van der Waals surface area (Å²) in [5, 5.41) is 0. The summed E-state index contributed by atoms with van der Waals surface area (Å²) in [5.41, 5.74) is 9.25. The first kappa shape index (κ1) is 22.5. The molecule has 1 unspecified atom stereocenters. The molecule has 1 aliphatic carbocycles. The summed E-state index contributed by atoms with van der Waals surface area (Å²) in [6.45, 7) is 10.5. The summed E-state index contributed by atoms with van der Waals surface area (Å²) >= 11 is 0. The Hall–Kier alpha value is -3.28. The van der Waals surface area contributed by atoms with Crippen LogP contribution in [0.15, 0.2) is 36.8 Å².